The summed E-state index contributed by atoms with van der Waals surface area (Å²) in [6.07, 6.45) is 7.11. The molecule has 3 rings (SSSR count). The van der Waals surface area contributed by atoms with Crippen LogP contribution in [0.1, 0.15) is 62.8 Å². The molecule has 0 radical (unpaired) electrons. The fraction of sp³-hybridized carbons (Fsp3) is 0.762. The van der Waals surface area contributed by atoms with E-state index in [4.69, 9.17) is 9.26 Å². The number of hydrogen-bond donors (Lipinski definition) is 4. The minimum atomic E-state index is -0.479. The van der Waals surface area contributed by atoms with E-state index >= 15 is 0 Å². The van der Waals surface area contributed by atoms with Gasteiger partial charge in [-0.15, -0.1) is 0 Å². The van der Waals surface area contributed by atoms with Gasteiger partial charge in [0.1, 0.15) is 17.5 Å². The number of urea groups is 1. The van der Waals surface area contributed by atoms with Gasteiger partial charge in [0.15, 0.2) is 5.76 Å². The highest BCUT2D eigenvalue weighted by atomic mass is 16.5. The van der Waals surface area contributed by atoms with Crippen molar-refractivity contribution in [2.45, 2.75) is 83.5 Å². The molecule has 1 aliphatic carbocycles. The lowest BCUT2D eigenvalue weighted by Gasteiger charge is -2.36. The number of nitrogens with one attached hydrogen (secondary N) is 3. The lowest BCUT2D eigenvalue weighted by atomic mass is 9.88. The number of aromatic nitrogens is 1. The third kappa shape index (κ3) is 5.95. The molecule has 2 fully saturated rings. The first kappa shape index (κ1) is 22.6. The van der Waals surface area contributed by atoms with Crippen LogP contribution in [0.15, 0.2) is 4.52 Å². The molecule has 30 heavy (non-hydrogen) atoms. The molecule has 1 aliphatic heterocycles. The smallest absolute Gasteiger partial charge is 0.319 e. The predicted molar refractivity (Wildman–Crippen MR) is 111 cm³/mol. The highest BCUT2D eigenvalue weighted by Crippen LogP contribution is 2.25. The average Bonchev–Trinajstić information content (AvgIpc) is 3.07. The Morgan fingerprint density at radius 3 is 2.57 bits per heavy atom. The molecule has 4 N–H and O–H groups in total. The zero-order valence-electron chi connectivity index (χ0n) is 17.9. The number of aliphatic hydroxyl groups is 1. The van der Waals surface area contributed by atoms with Crippen molar-refractivity contribution in [3.05, 3.63) is 11.5 Å². The molecule has 1 saturated heterocycles. The number of aliphatic hydroxyl groups excluding tert-OH is 1. The highest BCUT2D eigenvalue weighted by Gasteiger charge is 2.32. The molecule has 168 valence electrons. The lowest BCUT2D eigenvalue weighted by Crippen LogP contribution is -2.52. The van der Waals surface area contributed by atoms with Crippen LogP contribution in [-0.4, -0.2) is 53.6 Å². The van der Waals surface area contributed by atoms with Crippen LogP contribution in [0.3, 0.4) is 0 Å². The quantitative estimate of drug-likeness (QED) is 0.535. The topological polar surface area (TPSA) is 126 Å². The van der Waals surface area contributed by atoms with Gasteiger partial charge in [0.25, 0.3) is 0 Å². The third-order valence-corrected chi connectivity index (χ3v) is 6.13. The maximum atomic E-state index is 12.3. The zero-order chi connectivity index (χ0) is 21.5. The van der Waals surface area contributed by atoms with E-state index in [1.165, 1.54) is 6.42 Å². The molecule has 0 unspecified atom stereocenters. The van der Waals surface area contributed by atoms with E-state index in [-0.39, 0.29) is 36.6 Å². The Morgan fingerprint density at radius 2 is 1.90 bits per heavy atom. The van der Waals surface area contributed by atoms with Crippen LogP contribution in [0.2, 0.25) is 0 Å². The van der Waals surface area contributed by atoms with Gasteiger partial charge in [0.05, 0.1) is 18.8 Å². The number of aryl methyl sites for hydroxylation is 2. The van der Waals surface area contributed by atoms with E-state index in [0.717, 1.165) is 32.1 Å². The van der Waals surface area contributed by atoms with Crippen LogP contribution in [-0.2, 0) is 9.53 Å². The van der Waals surface area contributed by atoms with Gasteiger partial charge in [-0.3, -0.25) is 4.79 Å². The van der Waals surface area contributed by atoms with Crippen molar-refractivity contribution < 1.29 is 24.0 Å². The summed E-state index contributed by atoms with van der Waals surface area (Å²) in [5.74, 6) is 0.845. The van der Waals surface area contributed by atoms with Gasteiger partial charge in [-0.1, -0.05) is 24.4 Å². The van der Waals surface area contributed by atoms with Crippen molar-refractivity contribution in [1.29, 1.82) is 0 Å². The lowest BCUT2D eigenvalue weighted by molar-refractivity contribution is -0.126. The first-order valence-corrected chi connectivity index (χ1v) is 11.0. The van der Waals surface area contributed by atoms with Crippen molar-refractivity contribution in [3.8, 4) is 0 Å². The van der Waals surface area contributed by atoms with Gasteiger partial charge in [-0.25, -0.2) is 4.79 Å². The molecular formula is C21H34N4O5. The third-order valence-electron chi connectivity index (χ3n) is 6.13. The molecule has 0 bridgehead atoms. The number of amides is 3. The van der Waals surface area contributed by atoms with Crippen LogP contribution in [0, 0.1) is 19.8 Å². The second kappa shape index (κ2) is 10.8. The predicted octanol–water partition coefficient (Wildman–Crippen LogP) is 2.41. The summed E-state index contributed by atoms with van der Waals surface area (Å²) in [6.45, 7) is 3.88. The molecule has 0 aromatic carbocycles. The highest BCUT2D eigenvalue weighted by molar-refractivity contribution is 5.90. The number of nitrogens with zero attached hydrogens (tertiary/aromatic N) is 1. The van der Waals surface area contributed by atoms with E-state index in [0.29, 0.717) is 36.5 Å². The van der Waals surface area contributed by atoms with Crippen molar-refractivity contribution in [2.75, 3.05) is 18.5 Å². The monoisotopic (exact) mass is 422 g/mol. The standard InChI is InChI=1S/C21H34N4O5/c1-13-19(14(2)30-25-13)24-21(28)23-17-9-8-16(29-18(17)12-26)10-11-22-20(27)15-6-4-3-5-7-15/h15-18,26H,3-12H2,1-2H3,(H,22,27)(H2,23,24,28)/t16-,17+,18-/m0/s1. The van der Waals surface area contributed by atoms with E-state index in [2.05, 4.69) is 21.1 Å². The molecule has 9 heteroatoms. The summed E-state index contributed by atoms with van der Waals surface area (Å²) in [6, 6.07) is -0.668. The summed E-state index contributed by atoms with van der Waals surface area (Å²) in [5, 5.41) is 22.2. The first-order valence-electron chi connectivity index (χ1n) is 11.0. The Kier molecular flexibility index (Phi) is 8.09. The Bertz CT molecular complexity index is 697. The van der Waals surface area contributed by atoms with Crippen molar-refractivity contribution >= 4 is 17.6 Å². The van der Waals surface area contributed by atoms with E-state index < -0.39 is 6.10 Å². The number of hydrogen-bond acceptors (Lipinski definition) is 6. The van der Waals surface area contributed by atoms with E-state index in [9.17, 15) is 14.7 Å². The SMILES string of the molecule is Cc1noc(C)c1NC(=O)N[C@@H]1CC[C@@H](CCNC(=O)C2CCCCC2)O[C@H]1CO. The van der Waals surface area contributed by atoms with Gasteiger partial charge < -0.3 is 30.3 Å². The normalized spacial score (nSPS) is 25.0. The van der Waals surface area contributed by atoms with Crippen LogP contribution in [0.5, 0.6) is 0 Å². The molecule has 3 atom stereocenters. The van der Waals surface area contributed by atoms with Crippen LogP contribution < -0.4 is 16.0 Å². The molecule has 2 aliphatic rings. The summed E-state index contributed by atoms with van der Waals surface area (Å²) in [5.41, 5.74) is 1.16. The van der Waals surface area contributed by atoms with Gasteiger partial charge in [0.2, 0.25) is 5.91 Å². The van der Waals surface area contributed by atoms with Gasteiger partial charge in [-0.2, -0.15) is 0 Å². The average molecular weight is 423 g/mol. The summed E-state index contributed by atoms with van der Waals surface area (Å²) < 4.78 is 11.0. The van der Waals surface area contributed by atoms with Crippen LogP contribution in [0.25, 0.3) is 0 Å². The molecule has 1 saturated carbocycles. The second-order valence-electron chi connectivity index (χ2n) is 8.38. The Morgan fingerprint density at radius 1 is 1.13 bits per heavy atom. The molecule has 9 nitrogen and oxygen atoms in total. The maximum Gasteiger partial charge on any atom is 0.319 e. The number of anilines is 1. The molecular weight excluding hydrogens is 388 g/mol. The van der Waals surface area contributed by atoms with Crippen LogP contribution in [0.4, 0.5) is 10.5 Å². The largest absolute Gasteiger partial charge is 0.394 e. The second-order valence-corrected chi connectivity index (χ2v) is 8.38. The Labute approximate surface area is 177 Å². The number of ether oxygens (including phenoxy) is 1. The maximum absolute atomic E-state index is 12.3. The Hall–Kier alpha value is -2.13. The molecule has 2 heterocycles. The fourth-order valence-electron chi connectivity index (χ4n) is 4.35. The number of rotatable bonds is 7. The molecule has 1 aromatic heterocycles. The van der Waals surface area contributed by atoms with E-state index in [1.807, 2.05) is 0 Å². The summed E-state index contributed by atoms with van der Waals surface area (Å²) in [7, 11) is 0. The zero-order valence-corrected chi connectivity index (χ0v) is 17.9. The molecule has 0 spiro atoms. The van der Waals surface area contributed by atoms with Crippen molar-refractivity contribution in [3.63, 3.8) is 0 Å². The van der Waals surface area contributed by atoms with Crippen molar-refractivity contribution in [1.82, 2.24) is 15.8 Å². The van der Waals surface area contributed by atoms with Crippen LogP contribution >= 0.6 is 0 Å². The summed E-state index contributed by atoms with van der Waals surface area (Å²) >= 11 is 0. The summed E-state index contributed by atoms with van der Waals surface area (Å²) in [4.78, 5) is 24.6. The number of carbonyl (C=O) groups excluding carboxylic acids is 2. The van der Waals surface area contributed by atoms with Gasteiger partial charge in [-0.05, 0) is 46.0 Å². The van der Waals surface area contributed by atoms with Crippen molar-refractivity contribution in [2.24, 2.45) is 5.92 Å². The van der Waals surface area contributed by atoms with Gasteiger partial charge >= 0.3 is 6.03 Å². The Balaban J connectivity index is 1.40. The molecule has 1 aromatic rings. The first-order chi connectivity index (χ1) is 14.5. The van der Waals surface area contributed by atoms with E-state index in [1.54, 1.807) is 13.8 Å². The minimum absolute atomic E-state index is 0.0440. The van der Waals surface area contributed by atoms with Gasteiger partial charge in [0, 0.05) is 12.5 Å². The minimum Gasteiger partial charge on any atom is -0.394 e. The molecule has 3 amide bonds. The fourth-order valence-corrected chi connectivity index (χ4v) is 4.35. The number of carbonyl (C=O) groups is 2.